The number of anilines is 1. The summed E-state index contributed by atoms with van der Waals surface area (Å²) in [6.45, 7) is 7.70. The van der Waals surface area contributed by atoms with Crippen molar-refractivity contribution in [3.05, 3.63) is 44.3 Å². The number of nitrogens with one attached hydrogen (secondary N) is 1. The lowest BCUT2D eigenvalue weighted by atomic mass is 10.3. The summed E-state index contributed by atoms with van der Waals surface area (Å²) in [5, 5.41) is 7.01. The molecule has 0 saturated heterocycles. The molecule has 1 amide bonds. The van der Waals surface area contributed by atoms with Crippen molar-refractivity contribution >= 4 is 28.2 Å². The average Bonchev–Trinajstić information content (AvgIpc) is 2.94. The van der Waals surface area contributed by atoms with Crippen molar-refractivity contribution in [2.75, 3.05) is 5.32 Å². The molecule has 0 spiro atoms. The zero-order valence-electron chi connectivity index (χ0n) is 13.4. The Morgan fingerprint density at radius 3 is 2.48 bits per heavy atom. The van der Waals surface area contributed by atoms with E-state index in [1.807, 2.05) is 13.8 Å². The van der Waals surface area contributed by atoms with E-state index < -0.39 is 0 Å². The summed E-state index contributed by atoms with van der Waals surface area (Å²) in [7, 11) is 0. The normalized spacial score (nSPS) is 11.1. The van der Waals surface area contributed by atoms with Crippen LogP contribution in [0.15, 0.2) is 16.9 Å². The smallest absolute Gasteiger partial charge is 0.250 e. The van der Waals surface area contributed by atoms with Gasteiger partial charge in [-0.05, 0) is 27.7 Å². The Morgan fingerprint density at radius 1 is 1.22 bits per heavy atom. The Hall–Kier alpha value is -2.48. The van der Waals surface area contributed by atoms with Gasteiger partial charge in [0.15, 0.2) is 5.43 Å². The number of amides is 1. The summed E-state index contributed by atoms with van der Waals surface area (Å²) in [4.78, 5) is 29.9. The van der Waals surface area contributed by atoms with E-state index in [0.29, 0.717) is 5.95 Å². The molecule has 0 aliphatic rings. The van der Waals surface area contributed by atoms with Crippen molar-refractivity contribution in [2.45, 2.75) is 34.2 Å². The number of nitrogens with zero attached hydrogens (tertiary/aromatic N) is 4. The van der Waals surface area contributed by atoms with E-state index in [0.717, 1.165) is 26.9 Å². The highest BCUT2D eigenvalue weighted by atomic mass is 32.1. The minimum Gasteiger partial charge on any atom is -0.340 e. The van der Waals surface area contributed by atoms with Gasteiger partial charge in [0.25, 0.3) is 0 Å². The number of thiazole rings is 1. The number of hydrogen-bond donors (Lipinski definition) is 1. The fraction of sp³-hybridized carbons (Fsp3) is 0.333. The summed E-state index contributed by atoms with van der Waals surface area (Å²) in [5.41, 5.74) is 2.45. The summed E-state index contributed by atoms with van der Waals surface area (Å²) in [6.07, 6.45) is 0. The molecule has 8 heteroatoms. The minimum absolute atomic E-state index is 0.0569. The molecule has 0 fully saturated rings. The third-order valence-corrected chi connectivity index (χ3v) is 4.80. The molecule has 1 N–H and O–H groups in total. The lowest BCUT2D eigenvalue weighted by Crippen LogP contribution is -2.23. The van der Waals surface area contributed by atoms with Gasteiger partial charge in [0.1, 0.15) is 6.54 Å². The van der Waals surface area contributed by atoms with E-state index in [1.54, 1.807) is 22.9 Å². The zero-order chi connectivity index (χ0) is 16.7. The van der Waals surface area contributed by atoms with Gasteiger partial charge in [-0.15, -0.1) is 5.10 Å². The Balaban J connectivity index is 1.80. The molecule has 3 aromatic rings. The van der Waals surface area contributed by atoms with Gasteiger partial charge in [-0.25, -0.2) is 4.52 Å². The third-order valence-electron chi connectivity index (χ3n) is 3.76. The summed E-state index contributed by atoms with van der Waals surface area (Å²) >= 11 is 1.54. The lowest BCUT2D eigenvalue weighted by Gasteiger charge is -2.13. The molecule has 0 unspecified atom stereocenters. The van der Waals surface area contributed by atoms with E-state index in [1.165, 1.54) is 23.5 Å². The Morgan fingerprint density at radius 2 is 1.87 bits per heavy atom. The van der Waals surface area contributed by atoms with Crippen LogP contribution in [0.2, 0.25) is 0 Å². The van der Waals surface area contributed by atoms with Crippen molar-refractivity contribution in [1.29, 1.82) is 0 Å². The van der Waals surface area contributed by atoms with Gasteiger partial charge in [0.05, 0.1) is 5.69 Å². The van der Waals surface area contributed by atoms with Crippen LogP contribution < -0.4 is 10.7 Å². The Bertz CT molecular complexity index is 940. The van der Waals surface area contributed by atoms with Crippen molar-refractivity contribution in [1.82, 2.24) is 19.2 Å². The maximum Gasteiger partial charge on any atom is 0.250 e. The first-order valence-electron chi connectivity index (χ1n) is 7.16. The minimum atomic E-state index is -0.229. The molecule has 3 rings (SSSR count). The van der Waals surface area contributed by atoms with Gasteiger partial charge in [-0.1, -0.05) is 11.3 Å². The first-order valence-corrected chi connectivity index (χ1v) is 7.97. The number of carbonyl (C=O) groups is 1. The monoisotopic (exact) mass is 331 g/mol. The highest BCUT2D eigenvalue weighted by Gasteiger charge is 2.13. The molecule has 0 aromatic carbocycles. The van der Waals surface area contributed by atoms with E-state index in [9.17, 15) is 9.59 Å². The number of rotatable bonds is 3. The van der Waals surface area contributed by atoms with Gasteiger partial charge in [0.2, 0.25) is 16.8 Å². The predicted octanol–water partition coefficient (Wildman–Crippen LogP) is 1.82. The molecule has 0 aliphatic heterocycles. The first kappa shape index (κ1) is 15.4. The second kappa shape index (κ2) is 5.62. The zero-order valence-corrected chi connectivity index (χ0v) is 14.2. The van der Waals surface area contributed by atoms with Crippen LogP contribution in [0.25, 0.3) is 4.96 Å². The third kappa shape index (κ3) is 2.89. The van der Waals surface area contributed by atoms with Crippen molar-refractivity contribution < 1.29 is 4.79 Å². The highest BCUT2D eigenvalue weighted by Crippen LogP contribution is 2.21. The van der Waals surface area contributed by atoms with Crippen molar-refractivity contribution in [2.24, 2.45) is 0 Å². The van der Waals surface area contributed by atoms with Crippen LogP contribution in [0.1, 0.15) is 22.0 Å². The topological polar surface area (TPSA) is 81.3 Å². The van der Waals surface area contributed by atoms with Gasteiger partial charge < -0.3 is 4.57 Å². The van der Waals surface area contributed by atoms with E-state index in [4.69, 9.17) is 0 Å². The number of hydrogen-bond acceptors (Lipinski definition) is 5. The number of fused-ring (bicyclic) bond motifs is 1. The molecular weight excluding hydrogens is 314 g/mol. The largest absolute Gasteiger partial charge is 0.340 e. The van der Waals surface area contributed by atoms with Crippen molar-refractivity contribution in [3.8, 4) is 0 Å². The fourth-order valence-corrected chi connectivity index (χ4v) is 3.34. The van der Waals surface area contributed by atoms with Crippen LogP contribution in [-0.4, -0.2) is 25.1 Å². The number of pyridine rings is 1. The van der Waals surface area contributed by atoms with E-state index >= 15 is 0 Å². The van der Waals surface area contributed by atoms with E-state index in [-0.39, 0.29) is 17.9 Å². The van der Waals surface area contributed by atoms with Crippen LogP contribution in [0, 0.1) is 27.7 Å². The number of carbonyl (C=O) groups excluding carboxylic acids is 1. The molecule has 3 heterocycles. The van der Waals surface area contributed by atoms with E-state index in [2.05, 4.69) is 15.4 Å². The maximum absolute atomic E-state index is 12.2. The Kier molecular flexibility index (Phi) is 3.77. The van der Waals surface area contributed by atoms with Gasteiger partial charge >= 0.3 is 0 Å². The first-order chi connectivity index (χ1) is 10.8. The standard InChI is InChI=1S/C15H17N5O2S/c1-8-5-12(21)6-9(2)19(8)7-13(22)16-14-17-15-20(18-14)10(3)11(4)23-15/h5-6H,7H2,1-4H3,(H,16,18,22). The lowest BCUT2D eigenvalue weighted by molar-refractivity contribution is -0.116. The molecule has 0 aliphatic carbocycles. The summed E-state index contributed by atoms with van der Waals surface area (Å²) in [6, 6.07) is 3.02. The molecule has 3 aromatic heterocycles. The fourth-order valence-electron chi connectivity index (χ4n) is 2.44. The Labute approximate surface area is 136 Å². The molecular formula is C15H17N5O2S. The molecule has 0 bridgehead atoms. The van der Waals surface area contributed by atoms with Crippen LogP contribution in [0.5, 0.6) is 0 Å². The van der Waals surface area contributed by atoms with Crippen molar-refractivity contribution in [3.63, 3.8) is 0 Å². The average molecular weight is 331 g/mol. The molecule has 0 radical (unpaired) electrons. The van der Waals surface area contributed by atoms with Crippen LogP contribution in [-0.2, 0) is 11.3 Å². The molecule has 0 saturated carbocycles. The van der Waals surface area contributed by atoms with Gasteiger partial charge in [-0.3, -0.25) is 14.9 Å². The highest BCUT2D eigenvalue weighted by molar-refractivity contribution is 7.17. The van der Waals surface area contributed by atoms with Gasteiger partial charge in [-0.2, -0.15) is 4.98 Å². The van der Waals surface area contributed by atoms with Crippen LogP contribution in [0.3, 0.4) is 0 Å². The van der Waals surface area contributed by atoms with Crippen LogP contribution >= 0.6 is 11.3 Å². The summed E-state index contributed by atoms with van der Waals surface area (Å²) < 4.78 is 3.51. The second-order valence-electron chi connectivity index (χ2n) is 5.48. The molecule has 0 atom stereocenters. The number of aromatic nitrogens is 4. The van der Waals surface area contributed by atoms with Crippen LogP contribution in [0.4, 0.5) is 5.95 Å². The van der Waals surface area contributed by atoms with Gasteiger partial charge in [0, 0.05) is 28.4 Å². The second-order valence-corrected chi connectivity index (χ2v) is 6.66. The molecule has 120 valence electrons. The molecule has 23 heavy (non-hydrogen) atoms. The number of aryl methyl sites for hydroxylation is 4. The molecule has 7 nitrogen and oxygen atoms in total. The maximum atomic E-state index is 12.2. The quantitative estimate of drug-likeness (QED) is 0.794. The summed E-state index contributed by atoms with van der Waals surface area (Å²) in [5.74, 6) is 0.0631. The SMILES string of the molecule is Cc1sc2nc(NC(=O)Cn3c(C)cc(=O)cc3C)nn2c1C. The predicted molar refractivity (Wildman–Crippen MR) is 89.1 cm³/mol.